The molecule has 1 rings (SSSR count). The SMILES string of the molecule is CN(C)NC(=O)CC(N)c1ccc(F)c(Cl)c1. The summed E-state index contributed by atoms with van der Waals surface area (Å²) >= 11 is 5.64. The Kier molecular flexibility index (Phi) is 4.86. The number of amides is 1. The Bertz CT molecular complexity index is 412. The van der Waals surface area contributed by atoms with Gasteiger partial charge in [0.2, 0.25) is 5.91 Å². The van der Waals surface area contributed by atoms with Crippen LogP contribution in [0.5, 0.6) is 0 Å². The summed E-state index contributed by atoms with van der Waals surface area (Å²) in [5.41, 5.74) is 9.04. The number of nitrogens with two attached hydrogens (primary N) is 1. The van der Waals surface area contributed by atoms with Crippen LogP contribution in [0.15, 0.2) is 18.2 Å². The van der Waals surface area contributed by atoms with Gasteiger partial charge in [-0.1, -0.05) is 17.7 Å². The Labute approximate surface area is 105 Å². The van der Waals surface area contributed by atoms with E-state index in [1.165, 1.54) is 23.2 Å². The van der Waals surface area contributed by atoms with Gasteiger partial charge in [0, 0.05) is 26.6 Å². The van der Waals surface area contributed by atoms with E-state index >= 15 is 0 Å². The highest BCUT2D eigenvalue weighted by molar-refractivity contribution is 6.30. The van der Waals surface area contributed by atoms with E-state index in [9.17, 15) is 9.18 Å². The van der Waals surface area contributed by atoms with Crippen molar-refractivity contribution in [2.45, 2.75) is 12.5 Å². The summed E-state index contributed by atoms with van der Waals surface area (Å²) in [7, 11) is 3.41. The van der Waals surface area contributed by atoms with Gasteiger partial charge in [0.15, 0.2) is 0 Å². The molecule has 17 heavy (non-hydrogen) atoms. The number of carbonyl (C=O) groups is 1. The van der Waals surface area contributed by atoms with E-state index in [0.29, 0.717) is 5.56 Å². The van der Waals surface area contributed by atoms with Crippen LogP contribution in [-0.4, -0.2) is 25.0 Å². The van der Waals surface area contributed by atoms with Crippen molar-refractivity contribution < 1.29 is 9.18 Å². The van der Waals surface area contributed by atoms with E-state index in [2.05, 4.69) is 5.43 Å². The predicted octanol–water partition coefficient (Wildman–Crippen LogP) is 1.46. The Hall–Kier alpha value is -1.17. The standard InChI is InChI=1S/C11H15ClFN3O/c1-16(2)15-11(17)6-10(14)7-3-4-9(13)8(12)5-7/h3-5,10H,6,14H2,1-2H3,(H,15,17). The molecule has 0 saturated carbocycles. The van der Waals surface area contributed by atoms with Crippen LogP contribution in [0.2, 0.25) is 5.02 Å². The average molecular weight is 260 g/mol. The van der Waals surface area contributed by atoms with Gasteiger partial charge in [-0.25, -0.2) is 9.40 Å². The molecule has 0 spiro atoms. The molecule has 1 amide bonds. The Balaban J connectivity index is 2.66. The molecule has 1 aromatic rings. The number of rotatable bonds is 4. The van der Waals surface area contributed by atoms with Crippen LogP contribution in [0, 0.1) is 5.82 Å². The number of nitrogens with one attached hydrogen (secondary N) is 1. The quantitative estimate of drug-likeness (QED) is 0.805. The fraction of sp³-hybridized carbons (Fsp3) is 0.364. The maximum atomic E-state index is 12.9. The minimum atomic E-state index is -0.506. The Morgan fingerprint density at radius 3 is 2.76 bits per heavy atom. The van der Waals surface area contributed by atoms with Crippen LogP contribution in [-0.2, 0) is 4.79 Å². The van der Waals surface area contributed by atoms with E-state index in [1.54, 1.807) is 14.1 Å². The fourth-order valence-corrected chi connectivity index (χ4v) is 1.54. The van der Waals surface area contributed by atoms with Gasteiger partial charge < -0.3 is 5.73 Å². The van der Waals surface area contributed by atoms with E-state index in [0.717, 1.165) is 0 Å². The smallest absolute Gasteiger partial charge is 0.236 e. The molecule has 1 atom stereocenters. The van der Waals surface area contributed by atoms with Crippen LogP contribution >= 0.6 is 11.6 Å². The van der Waals surface area contributed by atoms with E-state index < -0.39 is 11.9 Å². The third kappa shape index (κ3) is 4.30. The van der Waals surface area contributed by atoms with Gasteiger partial charge in [-0.05, 0) is 17.7 Å². The van der Waals surface area contributed by atoms with Crippen molar-refractivity contribution in [1.82, 2.24) is 10.4 Å². The van der Waals surface area contributed by atoms with Gasteiger partial charge in [-0.15, -0.1) is 0 Å². The number of hydrazine groups is 1. The highest BCUT2D eigenvalue weighted by Crippen LogP contribution is 2.21. The summed E-state index contributed by atoms with van der Waals surface area (Å²) < 4.78 is 12.9. The predicted molar refractivity (Wildman–Crippen MR) is 64.8 cm³/mol. The minimum Gasteiger partial charge on any atom is -0.324 e. The Morgan fingerprint density at radius 2 is 2.24 bits per heavy atom. The zero-order valence-corrected chi connectivity index (χ0v) is 10.5. The van der Waals surface area contributed by atoms with Gasteiger partial charge in [-0.2, -0.15) is 0 Å². The highest BCUT2D eigenvalue weighted by atomic mass is 35.5. The largest absolute Gasteiger partial charge is 0.324 e. The van der Waals surface area contributed by atoms with Crippen LogP contribution in [0.3, 0.4) is 0 Å². The van der Waals surface area contributed by atoms with Crippen molar-refractivity contribution >= 4 is 17.5 Å². The van der Waals surface area contributed by atoms with Crippen molar-refractivity contribution in [3.05, 3.63) is 34.6 Å². The first kappa shape index (κ1) is 13.9. The fourth-order valence-electron chi connectivity index (χ4n) is 1.36. The lowest BCUT2D eigenvalue weighted by atomic mass is 10.0. The number of hydrogen-bond donors (Lipinski definition) is 2. The first-order chi connectivity index (χ1) is 7.90. The zero-order valence-electron chi connectivity index (χ0n) is 9.71. The molecule has 94 valence electrons. The van der Waals surface area contributed by atoms with E-state index in [1.807, 2.05) is 0 Å². The van der Waals surface area contributed by atoms with Gasteiger partial charge in [0.05, 0.1) is 5.02 Å². The molecule has 1 aromatic carbocycles. The number of benzene rings is 1. The summed E-state index contributed by atoms with van der Waals surface area (Å²) in [6.45, 7) is 0. The highest BCUT2D eigenvalue weighted by Gasteiger charge is 2.13. The average Bonchev–Trinajstić information content (AvgIpc) is 2.20. The molecule has 0 bridgehead atoms. The molecule has 0 aliphatic carbocycles. The first-order valence-electron chi connectivity index (χ1n) is 5.07. The van der Waals surface area contributed by atoms with Gasteiger partial charge in [0.1, 0.15) is 5.82 Å². The summed E-state index contributed by atoms with van der Waals surface area (Å²) in [6, 6.07) is 3.69. The lowest BCUT2D eigenvalue weighted by Crippen LogP contribution is -2.37. The van der Waals surface area contributed by atoms with Crippen LogP contribution in [0.1, 0.15) is 18.0 Å². The third-order valence-electron chi connectivity index (χ3n) is 2.13. The number of halogens is 2. The molecule has 0 saturated heterocycles. The van der Waals surface area contributed by atoms with E-state index in [4.69, 9.17) is 17.3 Å². The van der Waals surface area contributed by atoms with Crippen molar-refractivity contribution in [1.29, 1.82) is 0 Å². The number of hydrogen-bond acceptors (Lipinski definition) is 3. The Morgan fingerprint density at radius 1 is 1.59 bits per heavy atom. The van der Waals surface area contributed by atoms with Crippen molar-refractivity contribution in [2.75, 3.05) is 14.1 Å². The number of carbonyl (C=O) groups excluding carboxylic acids is 1. The van der Waals surface area contributed by atoms with Crippen LogP contribution < -0.4 is 11.2 Å². The topological polar surface area (TPSA) is 58.4 Å². The van der Waals surface area contributed by atoms with Crippen molar-refractivity contribution in [3.8, 4) is 0 Å². The van der Waals surface area contributed by atoms with E-state index in [-0.39, 0.29) is 17.4 Å². The molecule has 0 heterocycles. The minimum absolute atomic E-state index is 0.00553. The molecule has 1 unspecified atom stereocenters. The summed E-state index contributed by atoms with van der Waals surface area (Å²) in [5.74, 6) is -0.705. The zero-order chi connectivity index (χ0) is 13.0. The first-order valence-corrected chi connectivity index (χ1v) is 5.45. The second-order valence-corrected chi connectivity index (χ2v) is 4.32. The van der Waals surface area contributed by atoms with Gasteiger partial charge in [-0.3, -0.25) is 10.2 Å². The molecule has 6 heteroatoms. The summed E-state index contributed by atoms with van der Waals surface area (Å²) in [6.07, 6.45) is 0.111. The van der Waals surface area contributed by atoms with Crippen LogP contribution in [0.4, 0.5) is 4.39 Å². The lowest BCUT2D eigenvalue weighted by Gasteiger charge is -2.15. The molecule has 0 radical (unpaired) electrons. The molecule has 3 N–H and O–H groups in total. The second kappa shape index (κ2) is 5.95. The van der Waals surface area contributed by atoms with Crippen LogP contribution in [0.25, 0.3) is 0 Å². The number of nitrogens with zero attached hydrogens (tertiary/aromatic N) is 1. The summed E-state index contributed by atoms with van der Waals surface area (Å²) in [4.78, 5) is 11.4. The maximum Gasteiger partial charge on any atom is 0.236 e. The summed E-state index contributed by atoms with van der Waals surface area (Å²) in [5, 5.41) is 1.54. The maximum absolute atomic E-state index is 12.9. The molecule has 0 aliphatic heterocycles. The second-order valence-electron chi connectivity index (χ2n) is 3.91. The van der Waals surface area contributed by atoms with Gasteiger partial charge in [0.25, 0.3) is 0 Å². The molecule has 0 aromatic heterocycles. The molecule has 0 aliphatic rings. The molecule has 4 nitrogen and oxygen atoms in total. The third-order valence-corrected chi connectivity index (χ3v) is 2.42. The molecular weight excluding hydrogens is 245 g/mol. The van der Waals surface area contributed by atoms with Crippen molar-refractivity contribution in [3.63, 3.8) is 0 Å². The lowest BCUT2D eigenvalue weighted by molar-refractivity contribution is -0.125. The monoisotopic (exact) mass is 259 g/mol. The van der Waals surface area contributed by atoms with Gasteiger partial charge >= 0.3 is 0 Å². The molecular formula is C11H15ClFN3O. The molecule has 0 fully saturated rings. The van der Waals surface area contributed by atoms with Crippen molar-refractivity contribution in [2.24, 2.45) is 5.73 Å². The normalized spacial score (nSPS) is 12.6.